The van der Waals surface area contributed by atoms with Crippen LogP contribution in [0.25, 0.3) is 0 Å². The van der Waals surface area contributed by atoms with Crippen LogP contribution in [0.3, 0.4) is 0 Å². The first-order chi connectivity index (χ1) is 5.25. The molecular formula is C10H23N2. The van der Waals surface area contributed by atoms with E-state index in [2.05, 4.69) is 34.6 Å². The minimum absolute atomic E-state index is 0.0619. The quantitative estimate of drug-likeness (QED) is 0.676. The van der Waals surface area contributed by atoms with Gasteiger partial charge in [0.15, 0.2) is 0 Å². The lowest BCUT2D eigenvalue weighted by atomic mass is 9.65. The Labute approximate surface area is 76.7 Å². The highest BCUT2D eigenvalue weighted by Gasteiger charge is 2.39. The summed E-state index contributed by atoms with van der Waals surface area (Å²) in [6.07, 6.45) is 0.866. The number of hydrogen-bond donors (Lipinski definition) is 2. The zero-order valence-corrected chi connectivity index (χ0v) is 9.07. The lowest BCUT2D eigenvalue weighted by Gasteiger charge is -2.44. The predicted octanol–water partition coefficient (Wildman–Crippen LogP) is 1.69. The molecule has 0 aliphatic heterocycles. The summed E-state index contributed by atoms with van der Waals surface area (Å²) >= 11 is 0. The van der Waals surface area contributed by atoms with Gasteiger partial charge in [-0.05, 0) is 31.2 Å². The van der Waals surface area contributed by atoms with Crippen molar-refractivity contribution in [3.05, 3.63) is 5.92 Å². The Morgan fingerprint density at radius 3 is 1.83 bits per heavy atom. The Morgan fingerprint density at radius 1 is 1.17 bits per heavy atom. The first kappa shape index (κ1) is 11.9. The molecule has 0 aliphatic carbocycles. The minimum Gasteiger partial charge on any atom is -0.330 e. The molecule has 1 atom stereocenters. The SMILES string of the molecule is C[C](C)C(C)(C)C(C)(N)CCN. The van der Waals surface area contributed by atoms with E-state index < -0.39 is 0 Å². The summed E-state index contributed by atoms with van der Waals surface area (Å²) in [6.45, 7) is 11.3. The van der Waals surface area contributed by atoms with Crippen molar-refractivity contribution < 1.29 is 0 Å². The molecule has 0 aromatic rings. The second-order valence-electron chi connectivity index (χ2n) is 4.58. The molecule has 73 valence electrons. The van der Waals surface area contributed by atoms with E-state index in [0.717, 1.165) is 6.42 Å². The zero-order chi connectivity index (χ0) is 9.99. The lowest BCUT2D eigenvalue weighted by molar-refractivity contribution is 0.190. The summed E-state index contributed by atoms with van der Waals surface area (Å²) in [5, 5.41) is 0. The molecule has 0 amide bonds. The van der Waals surface area contributed by atoms with E-state index in [1.165, 1.54) is 5.92 Å². The van der Waals surface area contributed by atoms with E-state index in [0.29, 0.717) is 6.54 Å². The van der Waals surface area contributed by atoms with Gasteiger partial charge in [0, 0.05) is 5.54 Å². The Morgan fingerprint density at radius 2 is 1.58 bits per heavy atom. The molecule has 4 N–H and O–H groups in total. The highest BCUT2D eigenvalue weighted by atomic mass is 14.8. The van der Waals surface area contributed by atoms with E-state index >= 15 is 0 Å². The van der Waals surface area contributed by atoms with Gasteiger partial charge in [-0.2, -0.15) is 0 Å². The average molecular weight is 171 g/mol. The van der Waals surface area contributed by atoms with Crippen molar-refractivity contribution in [2.75, 3.05) is 6.54 Å². The van der Waals surface area contributed by atoms with Crippen LogP contribution in [0.4, 0.5) is 0 Å². The van der Waals surface area contributed by atoms with E-state index in [4.69, 9.17) is 11.5 Å². The molecule has 0 bridgehead atoms. The van der Waals surface area contributed by atoms with Crippen molar-refractivity contribution in [2.24, 2.45) is 16.9 Å². The largest absolute Gasteiger partial charge is 0.330 e. The van der Waals surface area contributed by atoms with Crippen LogP contribution in [0.2, 0.25) is 0 Å². The van der Waals surface area contributed by atoms with Crippen molar-refractivity contribution >= 4 is 0 Å². The van der Waals surface area contributed by atoms with Crippen molar-refractivity contribution in [3.63, 3.8) is 0 Å². The molecule has 0 rings (SSSR count). The Balaban J connectivity index is 4.50. The van der Waals surface area contributed by atoms with Crippen LogP contribution < -0.4 is 11.5 Å². The topological polar surface area (TPSA) is 52.0 Å². The highest BCUT2D eigenvalue weighted by Crippen LogP contribution is 2.39. The van der Waals surface area contributed by atoms with E-state index in [1.54, 1.807) is 0 Å². The molecule has 0 spiro atoms. The maximum Gasteiger partial charge on any atom is 0.0194 e. The van der Waals surface area contributed by atoms with Crippen LogP contribution in [0.1, 0.15) is 41.0 Å². The monoisotopic (exact) mass is 171 g/mol. The average Bonchev–Trinajstić information content (AvgIpc) is 1.86. The Kier molecular flexibility index (Phi) is 3.73. The molecule has 0 heterocycles. The fraction of sp³-hybridized carbons (Fsp3) is 0.900. The summed E-state index contributed by atoms with van der Waals surface area (Å²) < 4.78 is 0. The molecule has 1 radical (unpaired) electrons. The third-order valence-corrected chi connectivity index (χ3v) is 3.34. The molecule has 1 unspecified atom stereocenters. The second kappa shape index (κ2) is 3.75. The van der Waals surface area contributed by atoms with E-state index in [1.807, 2.05) is 0 Å². The summed E-state index contributed by atoms with van der Waals surface area (Å²) in [6, 6.07) is 0. The number of rotatable bonds is 4. The van der Waals surface area contributed by atoms with Gasteiger partial charge in [0.25, 0.3) is 0 Å². The van der Waals surface area contributed by atoms with Gasteiger partial charge in [-0.1, -0.05) is 27.7 Å². The van der Waals surface area contributed by atoms with Crippen LogP contribution in [-0.4, -0.2) is 12.1 Å². The lowest BCUT2D eigenvalue weighted by Crippen LogP contribution is -2.53. The molecule has 12 heavy (non-hydrogen) atoms. The third kappa shape index (κ3) is 2.20. The molecule has 2 heteroatoms. The fourth-order valence-electron chi connectivity index (χ4n) is 1.18. The zero-order valence-electron chi connectivity index (χ0n) is 9.07. The molecule has 0 aromatic heterocycles. The maximum atomic E-state index is 6.21. The summed E-state index contributed by atoms with van der Waals surface area (Å²) in [4.78, 5) is 0. The first-order valence-corrected chi connectivity index (χ1v) is 4.55. The van der Waals surface area contributed by atoms with Crippen LogP contribution in [-0.2, 0) is 0 Å². The summed E-state index contributed by atoms with van der Waals surface area (Å²) in [5.41, 5.74) is 11.6. The van der Waals surface area contributed by atoms with E-state index in [-0.39, 0.29) is 11.0 Å². The highest BCUT2D eigenvalue weighted by molar-refractivity contribution is 5.08. The van der Waals surface area contributed by atoms with Crippen molar-refractivity contribution in [2.45, 2.75) is 46.6 Å². The van der Waals surface area contributed by atoms with Crippen molar-refractivity contribution in [1.29, 1.82) is 0 Å². The number of hydrogen-bond acceptors (Lipinski definition) is 2. The summed E-state index contributed by atoms with van der Waals surface area (Å²) in [5.74, 6) is 1.36. The summed E-state index contributed by atoms with van der Waals surface area (Å²) in [7, 11) is 0. The predicted molar refractivity (Wildman–Crippen MR) is 54.6 cm³/mol. The minimum atomic E-state index is -0.194. The van der Waals surface area contributed by atoms with Crippen molar-refractivity contribution in [3.8, 4) is 0 Å². The second-order valence-corrected chi connectivity index (χ2v) is 4.58. The Bertz CT molecular complexity index is 137. The van der Waals surface area contributed by atoms with Gasteiger partial charge in [0.1, 0.15) is 0 Å². The molecular weight excluding hydrogens is 148 g/mol. The van der Waals surface area contributed by atoms with Gasteiger partial charge >= 0.3 is 0 Å². The van der Waals surface area contributed by atoms with Crippen LogP contribution in [0.15, 0.2) is 0 Å². The fourth-order valence-corrected chi connectivity index (χ4v) is 1.18. The van der Waals surface area contributed by atoms with Gasteiger partial charge in [-0.15, -0.1) is 0 Å². The van der Waals surface area contributed by atoms with Crippen molar-refractivity contribution in [1.82, 2.24) is 0 Å². The first-order valence-electron chi connectivity index (χ1n) is 4.55. The molecule has 0 fully saturated rings. The normalized spacial score (nSPS) is 18.0. The number of nitrogens with two attached hydrogens (primary N) is 2. The smallest absolute Gasteiger partial charge is 0.0194 e. The van der Waals surface area contributed by atoms with Gasteiger partial charge < -0.3 is 11.5 Å². The maximum absolute atomic E-state index is 6.21. The van der Waals surface area contributed by atoms with Crippen LogP contribution >= 0.6 is 0 Å². The Hall–Kier alpha value is -0.0800. The molecule has 0 aromatic carbocycles. The molecule has 2 nitrogen and oxygen atoms in total. The third-order valence-electron chi connectivity index (χ3n) is 3.34. The van der Waals surface area contributed by atoms with Gasteiger partial charge in [-0.25, -0.2) is 0 Å². The standard InChI is InChI=1S/C10H23N2/c1-8(2)9(3,4)10(5,12)6-7-11/h6-7,11-12H2,1-5H3. The molecule has 0 saturated carbocycles. The molecule has 0 saturated heterocycles. The van der Waals surface area contributed by atoms with Crippen LogP contribution in [0.5, 0.6) is 0 Å². The van der Waals surface area contributed by atoms with Gasteiger partial charge in [-0.3, -0.25) is 0 Å². The van der Waals surface area contributed by atoms with E-state index in [9.17, 15) is 0 Å². The van der Waals surface area contributed by atoms with Crippen LogP contribution in [0, 0.1) is 11.3 Å². The van der Waals surface area contributed by atoms with Gasteiger partial charge in [0.05, 0.1) is 0 Å². The molecule has 0 aliphatic rings. The van der Waals surface area contributed by atoms with Gasteiger partial charge in [0.2, 0.25) is 0 Å².